The number of nitrogens with zero attached hydrogens (tertiary/aromatic N) is 3. The molecule has 2 heterocycles. The van der Waals surface area contributed by atoms with Gasteiger partial charge in [-0.15, -0.1) is 0 Å². The van der Waals surface area contributed by atoms with Crippen molar-refractivity contribution in [3.63, 3.8) is 0 Å². The van der Waals surface area contributed by atoms with E-state index in [2.05, 4.69) is 10.1 Å². The molecule has 0 saturated heterocycles. The molecule has 4 nitrogen and oxygen atoms in total. The summed E-state index contributed by atoms with van der Waals surface area (Å²) in [4.78, 5) is 4.20. The average molecular weight is 320 g/mol. The summed E-state index contributed by atoms with van der Waals surface area (Å²) in [6, 6.07) is 8.28. The number of aromatic nitrogens is 3. The zero-order valence-corrected chi connectivity index (χ0v) is 12.6. The quantitative estimate of drug-likeness (QED) is 0.800. The molecule has 22 heavy (non-hydrogen) atoms. The number of benzene rings is 1. The van der Waals surface area contributed by atoms with E-state index in [1.165, 1.54) is 6.07 Å². The maximum atomic E-state index is 14.0. The average Bonchev–Trinajstić information content (AvgIpc) is 2.93. The zero-order valence-electron chi connectivity index (χ0n) is 11.6. The van der Waals surface area contributed by atoms with Crippen LogP contribution in [0.15, 0.2) is 42.7 Å². The number of nitrogens with two attached hydrogens (primary N) is 1. The fraction of sp³-hybridized carbons (Fsp3) is 0.250. The highest BCUT2D eigenvalue weighted by atomic mass is 32.1. The molecule has 0 spiro atoms. The monoisotopic (exact) mass is 320 g/mol. The van der Waals surface area contributed by atoms with E-state index in [4.69, 9.17) is 5.73 Å². The zero-order chi connectivity index (χ0) is 14.1. The molecule has 0 aliphatic heterocycles. The number of hydrogen-bond donors (Lipinski definition) is 1. The van der Waals surface area contributed by atoms with Crippen LogP contribution in [0.3, 0.4) is 0 Å². The second kappa shape index (κ2) is 7.38. The number of fused-ring (bicyclic) bond motifs is 1. The van der Waals surface area contributed by atoms with E-state index < -0.39 is 0 Å². The van der Waals surface area contributed by atoms with Crippen LogP contribution in [-0.4, -0.2) is 14.6 Å². The Labute approximate surface area is 136 Å². The van der Waals surface area contributed by atoms with E-state index in [1.54, 1.807) is 35.1 Å². The second-order valence-corrected chi connectivity index (χ2v) is 4.67. The van der Waals surface area contributed by atoms with Crippen LogP contribution in [0.1, 0.15) is 32.4 Å². The molecule has 0 amide bonds. The van der Waals surface area contributed by atoms with Gasteiger partial charge in [-0.05, 0) is 24.6 Å². The summed E-state index contributed by atoms with van der Waals surface area (Å²) in [5.41, 5.74) is 8.70. The molecule has 6 heteroatoms. The minimum atomic E-state index is -0.302. The molecule has 0 radical (unpaired) electrons. The first-order valence-corrected chi connectivity index (χ1v) is 6.55. The molecule has 2 N–H and O–H groups in total. The Morgan fingerprint density at radius 3 is 2.73 bits per heavy atom. The van der Waals surface area contributed by atoms with Crippen molar-refractivity contribution in [2.75, 3.05) is 0 Å². The van der Waals surface area contributed by atoms with Crippen LogP contribution in [-0.2, 0) is 0 Å². The summed E-state index contributed by atoms with van der Waals surface area (Å²) in [5, 5.41) is 4.47. The summed E-state index contributed by atoms with van der Waals surface area (Å²) in [6.07, 6.45) is 4.15. The third kappa shape index (κ3) is 3.13. The Balaban J connectivity index is 0.00000121. The predicted octanol–water partition coefficient (Wildman–Crippen LogP) is 3.69. The van der Waals surface area contributed by atoms with Crippen molar-refractivity contribution in [3.05, 3.63) is 54.1 Å². The van der Waals surface area contributed by atoms with Crippen molar-refractivity contribution in [2.45, 2.75) is 26.8 Å². The van der Waals surface area contributed by atoms with Crippen molar-refractivity contribution in [2.24, 2.45) is 5.73 Å². The molecular weight excluding hydrogens is 299 g/mol. The maximum Gasteiger partial charge on any atom is 0.153 e. The molecule has 1 atom stereocenters. The van der Waals surface area contributed by atoms with Crippen LogP contribution in [0.5, 0.6) is 0 Å². The Morgan fingerprint density at radius 1 is 1.32 bits per heavy atom. The Morgan fingerprint density at radius 2 is 2.05 bits per heavy atom. The molecule has 0 saturated carbocycles. The number of halogens is 1. The van der Waals surface area contributed by atoms with Crippen molar-refractivity contribution in [1.82, 2.24) is 14.6 Å². The van der Waals surface area contributed by atoms with Crippen molar-refractivity contribution >= 4 is 19.1 Å². The largest absolute Gasteiger partial charge is 0.324 e. The van der Waals surface area contributed by atoms with E-state index in [9.17, 15) is 4.39 Å². The van der Waals surface area contributed by atoms with Gasteiger partial charge in [0.15, 0.2) is 5.65 Å². The molecular formula is C16H21FN4S. The summed E-state index contributed by atoms with van der Waals surface area (Å²) < 4.78 is 15.7. The Bertz CT molecular complexity index is 757. The van der Waals surface area contributed by atoms with Gasteiger partial charge >= 0.3 is 0 Å². The van der Waals surface area contributed by atoms with Gasteiger partial charge < -0.3 is 5.73 Å². The second-order valence-electron chi connectivity index (χ2n) is 4.67. The minimum Gasteiger partial charge on any atom is -0.324 e. The van der Waals surface area contributed by atoms with E-state index >= 15 is 0 Å². The third-order valence-corrected chi connectivity index (χ3v) is 3.38. The molecule has 2 aromatic heterocycles. The SMILES string of the molecule is C.CC[C@H](N)c1cc2nccn2nc1-c1ccccc1F.S. The molecule has 0 aliphatic rings. The fourth-order valence-corrected chi connectivity index (χ4v) is 2.23. The summed E-state index contributed by atoms with van der Waals surface area (Å²) in [5.74, 6) is -0.302. The highest BCUT2D eigenvalue weighted by molar-refractivity contribution is 7.59. The molecule has 0 fully saturated rings. The Hall–Kier alpha value is -1.92. The first-order valence-electron chi connectivity index (χ1n) is 6.55. The first kappa shape index (κ1) is 18.1. The standard InChI is InChI=1S/C15H15FN4.CH4.H2S/c1-2-13(17)11-9-14-18-7-8-20(14)19-15(11)10-5-3-4-6-12(10)16;;/h3-9,13H,2,17H2,1H3;1H4;1H2/t13-;;/m0../s1. The molecule has 0 bridgehead atoms. The highest BCUT2D eigenvalue weighted by Crippen LogP contribution is 2.29. The molecule has 0 aliphatic carbocycles. The smallest absolute Gasteiger partial charge is 0.153 e. The van der Waals surface area contributed by atoms with E-state index in [-0.39, 0.29) is 32.8 Å². The van der Waals surface area contributed by atoms with Crippen LogP contribution in [0, 0.1) is 5.82 Å². The van der Waals surface area contributed by atoms with Gasteiger partial charge in [0.2, 0.25) is 0 Å². The van der Waals surface area contributed by atoms with Crippen molar-refractivity contribution in [1.29, 1.82) is 0 Å². The van der Waals surface area contributed by atoms with Crippen LogP contribution >= 0.6 is 13.5 Å². The van der Waals surface area contributed by atoms with Gasteiger partial charge in [-0.1, -0.05) is 26.5 Å². The lowest BCUT2D eigenvalue weighted by Crippen LogP contribution is -2.13. The van der Waals surface area contributed by atoms with Crippen LogP contribution in [0.4, 0.5) is 4.39 Å². The third-order valence-electron chi connectivity index (χ3n) is 3.38. The van der Waals surface area contributed by atoms with Crippen LogP contribution in [0.2, 0.25) is 0 Å². The summed E-state index contributed by atoms with van der Waals surface area (Å²) in [6.45, 7) is 1.99. The van der Waals surface area contributed by atoms with E-state index in [1.807, 2.05) is 13.0 Å². The highest BCUT2D eigenvalue weighted by Gasteiger charge is 2.17. The van der Waals surface area contributed by atoms with Crippen molar-refractivity contribution in [3.8, 4) is 11.3 Å². The van der Waals surface area contributed by atoms with Gasteiger partial charge in [0.25, 0.3) is 0 Å². The lowest BCUT2D eigenvalue weighted by Gasteiger charge is -2.15. The van der Waals surface area contributed by atoms with Crippen LogP contribution < -0.4 is 5.73 Å². The van der Waals surface area contributed by atoms with Gasteiger partial charge in [-0.2, -0.15) is 18.6 Å². The summed E-state index contributed by atoms with van der Waals surface area (Å²) >= 11 is 0. The molecule has 1 aromatic carbocycles. The van der Waals surface area contributed by atoms with E-state index in [0.717, 1.165) is 12.0 Å². The van der Waals surface area contributed by atoms with E-state index in [0.29, 0.717) is 16.9 Å². The number of rotatable bonds is 3. The van der Waals surface area contributed by atoms with Gasteiger partial charge in [-0.3, -0.25) is 0 Å². The predicted molar refractivity (Wildman–Crippen MR) is 92.7 cm³/mol. The lowest BCUT2D eigenvalue weighted by molar-refractivity contribution is 0.628. The van der Waals surface area contributed by atoms with Crippen molar-refractivity contribution < 1.29 is 4.39 Å². The topological polar surface area (TPSA) is 56.2 Å². The van der Waals surface area contributed by atoms with Gasteiger partial charge in [0.05, 0.1) is 5.69 Å². The van der Waals surface area contributed by atoms with Gasteiger partial charge in [0.1, 0.15) is 5.82 Å². The summed E-state index contributed by atoms with van der Waals surface area (Å²) in [7, 11) is 0. The number of imidazole rings is 1. The van der Waals surface area contributed by atoms with Gasteiger partial charge in [0, 0.05) is 29.6 Å². The fourth-order valence-electron chi connectivity index (χ4n) is 2.23. The van der Waals surface area contributed by atoms with Crippen LogP contribution in [0.25, 0.3) is 16.9 Å². The number of hydrogen-bond acceptors (Lipinski definition) is 3. The lowest BCUT2D eigenvalue weighted by atomic mass is 9.99. The Kier molecular flexibility index (Phi) is 6.08. The first-order chi connectivity index (χ1) is 9.70. The molecule has 3 rings (SSSR count). The maximum absolute atomic E-state index is 14.0. The molecule has 0 unspecified atom stereocenters. The minimum absolute atomic E-state index is 0. The van der Waals surface area contributed by atoms with Gasteiger partial charge in [-0.25, -0.2) is 13.9 Å². The molecule has 118 valence electrons. The normalized spacial score (nSPS) is 11.6. The molecule has 3 aromatic rings.